The Morgan fingerprint density at radius 3 is 2.58 bits per heavy atom. The van der Waals surface area contributed by atoms with E-state index < -0.39 is 16.0 Å². The van der Waals surface area contributed by atoms with Crippen molar-refractivity contribution in [3.8, 4) is 0 Å². The number of nitrogens with zero attached hydrogens (tertiary/aromatic N) is 3. The number of piperazine rings is 1. The third-order valence-corrected chi connectivity index (χ3v) is 7.23. The summed E-state index contributed by atoms with van der Waals surface area (Å²) in [6, 6.07) is 3.54. The number of aromatic nitrogens is 1. The van der Waals surface area contributed by atoms with Gasteiger partial charge in [-0.2, -0.15) is 17.0 Å². The van der Waals surface area contributed by atoms with Crippen LogP contribution in [0, 0.1) is 0 Å². The van der Waals surface area contributed by atoms with E-state index in [1.165, 1.54) is 0 Å². The number of piperidine rings is 1. The molecule has 3 saturated heterocycles. The number of pyridine rings is 1. The van der Waals surface area contributed by atoms with Gasteiger partial charge in [0.15, 0.2) is 5.79 Å². The van der Waals surface area contributed by atoms with Gasteiger partial charge in [0.05, 0.1) is 19.3 Å². The van der Waals surface area contributed by atoms with E-state index >= 15 is 0 Å². The number of halogens is 1. The highest BCUT2D eigenvalue weighted by Gasteiger charge is 2.45. The quantitative estimate of drug-likeness (QED) is 0.791. The first-order valence-electron chi connectivity index (χ1n) is 8.76. The number of hydrogen-bond acceptors (Lipinski definition) is 6. The van der Waals surface area contributed by atoms with E-state index in [-0.39, 0.29) is 18.4 Å². The van der Waals surface area contributed by atoms with E-state index in [0.29, 0.717) is 58.8 Å². The van der Waals surface area contributed by atoms with Crippen LogP contribution in [0.5, 0.6) is 0 Å². The zero-order chi connectivity index (χ0) is 17.3. The minimum Gasteiger partial charge on any atom is -0.347 e. The van der Waals surface area contributed by atoms with Crippen LogP contribution < -0.4 is 5.32 Å². The lowest BCUT2D eigenvalue weighted by atomic mass is 10.1. The minimum atomic E-state index is -3.54. The third-order valence-electron chi connectivity index (χ3n) is 5.18. The zero-order valence-electron chi connectivity index (χ0n) is 14.5. The maximum Gasteiger partial charge on any atom is 0.282 e. The fourth-order valence-corrected chi connectivity index (χ4v) is 5.59. The lowest BCUT2D eigenvalue weighted by molar-refractivity contribution is -0.179. The topological polar surface area (TPSA) is 84.0 Å². The van der Waals surface area contributed by atoms with Crippen molar-refractivity contribution in [3.63, 3.8) is 0 Å². The molecule has 0 aromatic carbocycles. The molecule has 0 bridgehead atoms. The van der Waals surface area contributed by atoms with Gasteiger partial charge in [-0.15, -0.1) is 12.4 Å². The van der Waals surface area contributed by atoms with E-state index in [4.69, 9.17) is 9.47 Å². The predicted molar refractivity (Wildman–Crippen MR) is 98.2 cm³/mol. The largest absolute Gasteiger partial charge is 0.347 e. The number of rotatable bonds is 3. The first-order valence-corrected chi connectivity index (χ1v) is 10.2. The van der Waals surface area contributed by atoms with Gasteiger partial charge in [0.2, 0.25) is 0 Å². The first kappa shape index (κ1) is 19.9. The standard InChI is InChI=1S/C16H24N4O4S.ClH/c21-25(22,19-7-3-16(4-8-19)23-10-11-24-16)20-9-6-18-13-15(20)14-2-1-5-17-12-14;/h1-2,5,12,15,18H,3-4,6-11,13H2;1H. The Morgan fingerprint density at radius 1 is 1.19 bits per heavy atom. The van der Waals surface area contributed by atoms with Crippen molar-refractivity contribution in [2.75, 3.05) is 45.9 Å². The molecule has 0 saturated carbocycles. The van der Waals surface area contributed by atoms with Crippen LogP contribution in [-0.2, 0) is 19.7 Å². The van der Waals surface area contributed by atoms with Crippen molar-refractivity contribution in [2.24, 2.45) is 0 Å². The van der Waals surface area contributed by atoms with Gasteiger partial charge in [0.1, 0.15) is 0 Å². The molecule has 3 aliphatic rings. The van der Waals surface area contributed by atoms with Crippen LogP contribution in [0.2, 0.25) is 0 Å². The van der Waals surface area contributed by atoms with Crippen LogP contribution in [0.4, 0.5) is 0 Å². The van der Waals surface area contributed by atoms with Gasteiger partial charge < -0.3 is 14.8 Å². The molecule has 1 N–H and O–H groups in total. The normalized spacial score (nSPS) is 27.3. The molecule has 1 aromatic rings. The second-order valence-electron chi connectivity index (χ2n) is 6.63. The average Bonchev–Trinajstić information content (AvgIpc) is 3.11. The van der Waals surface area contributed by atoms with Crippen molar-refractivity contribution < 1.29 is 17.9 Å². The highest BCUT2D eigenvalue weighted by molar-refractivity contribution is 7.86. The molecule has 26 heavy (non-hydrogen) atoms. The highest BCUT2D eigenvalue weighted by atomic mass is 35.5. The highest BCUT2D eigenvalue weighted by Crippen LogP contribution is 2.34. The summed E-state index contributed by atoms with van der Waals surface area (Å²) in [5.41, 5.74) is 0.911. The van der Waals surface area contributed by atoms with Gasteiger partial charge in [-0.3, -0.25) is 4.98 Å². The van der Waals surface area contributed by atoms with Gasteiger partial charge >= 0.3 is 0 Å². The summed E-state index contributed by atoms with van der Waals surface area (Å²) in [5, 5.41) is 3.29. The van der Waals surface area contributed by atoms with Gasteiger partial charge in [-0.05, 0) is 11.6 Å². The van der Waals surface area contributed by atoms with E-state index in [1.54, 1.807) is 21.0 Å². The smallest absolute Gasteiger partial charge is 0.282 e. The third kappa shape index (κ3) is 3.75. The summed E-state index contributed by atoms with van der Waals surface area (Å²) in [7, 11) is -3.54. The molecule has 1 unspecified atom stereocenters. The Labute approximate surface area is 160 Å². The van der Waals surface area contributed by atoms with E-state index in [9.17, 15) is 8.42 Å². The van der Waals surface area contributed by atoms with Crippen LogP contribution in [0.25, 0.3) is 0 Å². The molecule has 4 heterocycles. The van der Waals surface area contributed by atoms with E-state index in [0.717, 1.165) is 5.56 Å². The van der Waals surface area contributed by atoms with Crippen molar-refractivity contribution in [3.05, 3.63) is 30.1 Å². The molecule has 0 radical (unpaired) electrons. The van der Waals surface area contributed by atoms with Gasteiger partial charge in [0.25, 0.3) is 10.2 Å². The molecule has 1 spiro atoms. The molecule has 1 aromatic heterocycles. The Morgan fingerprint density at radius 2 is 1.92 bits per heavy atom. The maximum absolute atomic E-state index is 13.2. The summed E-state index contributed by atoms with van der Waals surface area (Å²) in [6.45, 7) is 3.73. The summed E-state index contributed by atoms with van der Waals surface area (Å²) in [4.78, 5) is 4.14. The molecule has 3 aliphatic heterocycles. The van der Waals surface area contributed by atoms with Crippen LogP contribution in [0.1, 0.15) is 24.4 Å². The fourth-order valence-electron chi connectivity index (χ4n) is 3.81. The fraction of sp³-hybridized carbons (Fsp3) is 0.688. The Hall–Kier alpha value is -0.810. The van der Waals surface area contributed by atoms with Crippen LogP contribution in [0.15, 0.2) is 24.5 Å². The van der Waals surface area contributed by atoms with Crippen molar-refractivity contribution in [2.45, 2.75) is 24.7 Å². The van der Waals surface area contributed by atoms with Crippen LogP contribution >= 0.6 is 12.4 Å². The molecule has 10 heteroatoms. The predicted octanol–water partition coefficient (Wildman–Crippen LogP) is 0.533. The van der Waals surface area contributed by atoms with Crippen molar-refractivity contribution in [1.82, 2.24) is 18.9 Å². The average molecular weight is 405 g/mol. The first-order chi connectivity index (χ1) is 12.1. The lowest BCUT2D eigenvalue weighted by Gasteiger charge is -2.42. The SMILES string of the molecule is Cl.O=S(=O)(N1CCC2(CC1)OCCO2)N1CCNCC1c1cccnc1. The Balaban J connectivity index is 0.00000196. The maximum atomic E-state index is 13.2. The number of nitrogens with one attached hydrogen (secondary N) is 1. The lowest BCUT2D eigenvalue weighted by Crippen LogP contribution is -2.56. The number of ether oxygens (including phenoxy) is 2. The van der Waals surface area contributed by atoms with Crippen LogP contribution in [0.3, 0.4) is 0 Å². The van der Waals surface area contributed by atoms with Crippen molar-refractivity contribution in [1.29, 1.82) is 0 Å². The summed E-state index contributed by atoms with van der Waals surface area (Å²) in [5.74, 6) is -0.571. The van der Waals surface area contributed by atoms with E-state index in [1.807, 2.05) is 12.1 Å². The summed E-state index contributed by atoms with van der Waals surface area (Å²) < 4.78 is 41.1. The Kier molecular flexibility index (Phi) is 6.18. The van der Waals surface area contributed by atoms with Gasteiger partial charge in [-0.1, -0.05) is 6.07 Å². The molecule has 4 rings (SSSR count). The Bertz CT molecular complexity index is 689. The minimum absolute atomic E-state index is 0. The van der Waals surface area contributed by atoms with Crippen LogP contribution in [-0.4, -0.2) is 73.7 Å². The molecular weight excluding hydrogens is 380 g/mol. The second-order valence-corrected chi connectivity index (χ2v) is 8.51. The molecule has 0 amide bonds. The molecule has 0 aliphatic carbocycles. The summed E-state index contributed by atoms with van der Waals surface area (Å²) in [6.07, 6.45) is 4.60. The van der Waals surface area contributed by atoms with Gasteiger partial charge in [-0.25, -0.2) is 0 Å². The zero-order valence-corrected chi connectivity index (χ0v) is 16.2. The second kappa shape index (κ2) is 8.05. The molecule has 3 fully saturated rings. The molecule has 146 valence electrons. The number of hydrogen-bond donors (Lipinski definition) is 1. The monoisotopic (exact) mass is 404 g/mol. The molecule has 1 atom stereocenters. The summed E-state index contributed by atoms with van der Waals surface area (Å²) >= 11 is 0. The van der Waals surface area contributed by atoms with Gasteiger partial charge in [0, 0.05) is 58.0 Å². The van der Waals surface area contributed by atoms with E-state index in [2.05, 4.69) is 10.3 Å². The molecule has 8 nitrogen and oxygen atoms in total. The molecular formula is C16H25ClN4O4S. The van der Waals surface area contributed by atoms with Crippen molar-refractivity contribution >= 4 is 22.6 Å².